The highest BCUT2D eigenvalue weighted by Gasteiger charge is 2.18. The molecule has 9 heavy (non-hydrogen) atoms. The molecule has 0 amide bonds. The van der Waals surface area contributed by atoms with Gasteiger partial charge in [0.25, 0.3) is 0 Å². The van der Waals surface area contributed by atoms with Crippen LogP contribution in [0.2, 0.25) is 0 Å². The summed E-state index contributed by atoms with van der Waals surface area (Å²) < 4.78 is 0. The van der Waals surface area contributed by atoms with Crippen LogP contribution in [0.3, 0.4) is 0 Å². The van der Waals surface area contributed by atoms with Crippen LogP contribution in [-0.4, -0.2) is 31.8 Å². The Kier molecular flexibility index (Phi) is 3.11. The van der Waals surface area contributed by atoms with E-state index in [4.69, 9.17) is 0 Å². The first kappa shape index (κ1) is 8.88. The predicted octanol–water partition coefficient (Wildman–Crippen LogP) is 0.00810. The summed E-state index contributed by atoms with van der Waals surface area (Å²) in [5.74, 6) is 0. The second-order valence-electron chi connectivity index (χ2n) is 2.59. The van der Waals surface area contributed by atoms with Crippen LogP contribution in [-0.2, 0) is 0 Å². The summed E-state index contributed by atoms with van der Waals surface area (Å²) in [6, 6.07) is 0. The Morgan fingerprint density at radius 1 is 1.22 bits per heavy atom. The van der Waals surface area contributed by atoms with Crippen LogP contribution in [0.25, 0.3) is 0 Å². The SMILES string of the molecule is CNN(C)C(C)(C)NC. The molecule has 0 heterocycles. The molecule has 0 fully saturated rings. The van der Waals surface area contributed by atoms with E-state index in [9.17, 15) is 0 Å². The van der Waals surface area contributed by atoms with Gasteiger partial charge in [0.1, 0.15) is 0 Å². The molecule has 0 saturated carbocycles. The number of nitrogens with one attached hydrogen (secondary N) is 2. The minimum Gasteiger partial charge on any atom is -0.302 e. The molecule has 0 radical (unpaired) electrons. The third-order valence-corrected chi connectivity index (χ3v) is 1.79. The van der Waals surface area contributed by atoms with Crippen LogP contribution in [0.1, 0.15) is 13.8 Å². The molecule has 0 bridgehead atoms. The second kappa shape index (κ2) is 3.15. The van der Waals surface area contributed by atoms with Gasteiger partial charge in [0, 0.05) is 7.05 Å². The highest BCUT2D eigenvalue weighted by atomic mass is 15.5. The largest absolute Gasteiger partial charge is 0.302 e. The van der Waals surface area contributed by atoms with Crippen molar-refractivity contribution in [2.45, 2.75) is 19.5 Å². The molecule has 0 atom stereocenters. The summed E-state index contributed by atoms with van der Waals surface area (Å²) in [5, 5.41) is 5.16. The van der Waals surface area contributed by atoms with Crippen LogP contribution in [0.4, 0.5) is 0 Å². The van der Waals surface area contributed by atoms with E-state index in [1.54, 1.807) is 0 Å². The lowest BCUT2D eigenvalue weighted by atomic mass is 10.2. The Hall–Kier alpha value is -0.120. The molecule has 3 heteroatoms. The molecule has 0 saturated heterocycles. The van der Waals surface area contributed by atoms with Gasteiger partial charge >= 0.3 is 0 Å². The third kappa shape index (κ3) is 2.30. The van der Waals surface area contributed by atoms with Crippen LogP contribution < -0.4 is 10.7 Å². The molecule has 0 aromatic heterocycles. The van der Waals surface area contributed by atoms with Gasteiger partial charge in [-0.05, 0) is 27.9 Å². The lowest BCUT2D eigenvalue weighted by molar-refractivity contribution is 0.0809. The standard InChI is InChI=1S/C6H17N3/c1-6(2,7-3)9(5)8-4/h7-8H,1-5H3. The van der Waals surface area contributed by atoms with Crippen molar-refractivity contribution in [3.8, 4) is 0 Å². The van der Waals surface area contributed by atoms with Gasteiger partial charge in [-0.15, -0.1) is 0 Å². The maximum atomic E-state index is 3.16. The summed E-state index contributed by atoms with van der Waals surface area (Å²) in [6.07, 6.45) is 0. The van der Waals surface area contributed by atoms with E-state index in [-0.39, 0.29) is 5.66 Å². The highest BCUT2D eigenvalue weighted by molar-refractivity contribution is 4.69. The normalized spacial score (nSPS) is 12.7. The molecule has 0 aliphatic heterocycles. The maximum absolute atomic E-state index is 3.16. The van der Waals surface area contributed by atoms with Crippen molar-refractivity contribution in [2.75, 3.05) is 21.1 Å². The second-order valence-corrected chi connectivity index (χ2v) is 2.59. The Morgan fingerprint density at radius 2 is 1.67 bits per heavy atom. The number of rotatable bonds is 3. The van der Waals surface area contributed by atoms with Gasteiger partial charge in [-0.1, -0.05) is 0 Å². The van der Waals surface area contributed by atoms with Crippen LogP contribution in [0.5, 0.6) is 0 Å². The summed E-state index contributed by atoms with van der Waals surface area (Å²) >= 11 is 0. The first-order chi connectivity index (χ1) is 4.04. The van der Waals surface area contributed by atoms with Crippen molar-refractivity contribution in [3.05, 3.63) is 0 Å². The van der Waals surface area contributed by atoms with Crippen molar-refractivity contribution in [3.63, 3.8) is 0 Å². The molecule has 0 aromatic rings. The highest BCUT2D eigenvalue weighted by Crippen LogP contribution is 2.01. The molecule has 0 aliphatic carbocycles. The van der Waals surface area contributed by atoms with Crippen LogP contribution >= 0.6 is 0 Å². The molecule has 56 valence electrons. The molecule has 0 rings (SSSR count). The smallest absolute Gasteiger partial charge is 0.0782 e. The Balaban J connectivity index is 3.80. The van der Waals surface area contributed by atoms with E-state index >= 15 is 0 Å². The number of hydrazine groups is 1. The lowest BCUT2D eigenvalue weighted by Gasteiger charge is -2.34. The zero-order valence-electron chi connectivity index (χ0n) is 6.95. The molecule has 0 spiro atoms. The van der Waals surface area contributed by atoms with Crippen molar-refractivity contribution in [1.82, 2.24) is 15.8 Å². The van der Waals surface area contributed by atoms with E-state index in [2.05, 4.69) is 24.6 Å². The summed E-state index contributed by atoms with van der Waals surface area (Å²) in [7, 11) is 5.84. The molecular formula is C6H17N3. The van der Waals surface area contributed by atoms with Crippen molar-refractivity contribution in [1.29, 1.82) is 0 Å². The number of nitrogens with zero attached hydrogens (tertiary/aromatic N) is 1. The summed E-state index contributed by atoms with van der Waals surface area (Å²) in [4.78, 5) is 0. The average Bonchev–Trinajstić information content (AvgIpc) is 1.86. The van der Waals surface area contributed by atoms with Crippen LogP contribution in [0.15, 0.2) is 0 Å². The molecule has 0 aliphatic rings. The summed E-state index contributed by atoms with van der Waals surface area (Å²) in [6.45, 7) is 4.20. The third-order valence-electron chi connectivity index (χ3n) is 1.79. The van der Waals surface area contributed by atoms with E-state index in [1.165, 1.54) is 0 Å². The molecular weight excluding hydrogens is 114 g/mol. The van der Waals surface area contributed by atoms with Gasteiger partial charge in [0.2, 0.25) is 0 Å². The average molecular weight is 131 g/mol. The molecule has 3 nitrogen and oxygen atoms in total. The van der Waals surface area contributed by atoms with Crippen molar-refractivity contribution >= 4 is 0 Å². The Labute approximate surface area is 57.4 Å². The van der Waals surface area contributed by atoms with Crippen LogP contribution in [0, 0.1) is 0 Å². The first-order valence-electron chi connectivity index (χ1n) is 3.14. The van der Waals surface area contributed by atoms with Gasteiger partial charge in [-0.2, -0.15) is 0 Å². The van der Waals surface area contributed by atoms with E-state index in [1.807, 2.05) is 26.2 Å². The fraction of sp³-hybridized carbons (Fsp3) is 1.00. The minimum absolute atomic E-state index is 0.0226. The van der Waals surface area contributed by atoms with Gasteiger partial charge < -0.3 is 5.32 Å². The summed E-state index contributed by atoms with van der Waals surface area (Å²) in [5.41, 5.74) is 3.05. The monoisotopic (exact) mass is 131 g/mol. The topological polar surface area (TPSA) is 27.3 Å². The zero-order chi connectivity index (χ0) is 7.49. The van der Waals surface area contributed by atoms with Crippen molar-refractivity contribution in [2.24, 2.45) is 0 Å². The predicted molar refractivity (Wildman–Crippen MR) is 40.0 cm³/mol. The molecule has 2 N–H and O–H groups in total. The van der Waals surface area contributed by atoms with Gasteiger partial charge in [-0.3, -0.25) is 5.43 Å². The van der Waals surface area contributed by atoms with E-state index < -0.39 is 0 Å². The van der Waals surface area contributed by atoms with E-state index in [0.29, 0.717) is 0 Å². The Morgan fingerprint density at radius 3 is 1.78 bits per heavy atom. The van der Waals surface area contributed by atoms with E-state index in [0.717, 1.165) is 0 Å². The number of hydrogen-bond donors (Lipinski definition) is 2. The van der Waals surface area contributed by atoms with Gasteiger partial charge in [-0.25, -0.2) is 5.01 Å². The van der Waals surface area contributed by atoms with Crippen molar-refractivity contribution < 1.29 is 0 Å². The maximum Gasteiger partial charge on any atom is 0.0782 e. The number of hydrogen-bond acceptors (Lipinski definition) is 3. The quantitative estimate of drug-likeness (QED) is 0.417. The molecule has 0 aromatic carbocycles. The first-order valence-corrected chi connectivity index (χ1v) is 3.14. The molecule has 0 unspecified atom stereocenters. The fourth-order valence-corrected chi connectivity index (χ4v) is 0.447. The minimum atomic E-state index is 0.0226. The Bertz CT molecular complexity index is 80.4. The zero-order valence-corrected chi connectivity index (χ0v) is 6.95. The van der Waals surface area contributed by atoms with Gasteiger partial charge in [0.15, 0.2) is 0 Å². The van der Waals surface area contributed by atoms with Gasteiger partial charge in [0.05, 0.1) is 5.66 Å². The lowest BCUT2D eigenvalue weighted by Crippen LogP contribution is -2.55. The fourth-order valence-electron chi connectivity index (χ4n) is 0.447.